The smallest absolute Gasteiger partial charge is 0.233 e. The van der Waals surface area contributed by atoms with Crippen molar-refractivity contribution in [3.05, 3.63) is 29.8 Å². The van der Waals surface area contributed by atoms with Gasteiger partial charge in [-0.3, -0.25) is 4.79 Å². The molecule has 1 rings (SSSR count). The van der Waals surface area contributed by atoms with Crippen LogP contribution < -0.4 is 10.6 Å². The van der Waals surface area contributed by atoms with Gasteiger partial charge in [-0.1, -0.05) is 19.1 Å². The molecule has 0 fully saturated rings. The summed E-state index contributed by atoms with van der Waals surface area (Å²) in [5, 5.41) is 15.0. The molecule has 3 N–H and O–H groups in total. The van der Waals surface area contributed by atoms with E-state index >= 15 is 0 Å². The average molecular weight is 222 g/mol. The number of carbonyl (C=O) groups excluding carboxylic acids is 1. The molecule has 0 aliphatic rings. The Bertz CT molecular complexity index is 340. The van der Waals surface area contributed by atoms with E-state index in [9.17, 15) is 9.90 Å². The van der Waals surface area contributed by atoms with Crippen molar-refractivity contribution in [2.45, 2.75) is 19.9 Å². The molecule has 1 aromatic carbocycles. The fourth-order valence-corrected chi connectivity index (χ4v) is 1.31. The Morgan fingerprint density at radius 1 is 1.44 bits per heavy atom. The summed E-state index contributed by atoms with van der Waals surface area (Å²) in [5.74, 6) is 0.247. The Hall–Kier alpha value is -1.55. The number of aromatic hydroxyl groups is 1. The first-order valence-electron chi connectivity index (χ1n) is 5.47. The van der Waals surface area contributed by atoms with Gasteiger partial charge in [-0.25, -0.2) is 0 Å². The van der Waals surface area contributed by atoms with Crippen LogP contribution in [0, 0.1) is 0 Å². The van der Waals surface area contributed by atoms with E-state index < -0.39 is 0 Å². The molecule has 0 bridgehead atoms. The third-order valence-corrected chi connectivity index (χ3v) is 2.10. The largest absolute Gasteiger partial charge is 0.508 e. The minimum absolute atomic E-state index is 0.00185. The summed E-state index contributed by atoms with van der Waals surface area (Å²) in [5.41, 5.74) is 0.961. The van der Waals surface area contributed by atoms with Gasteiger partial charge in [-0.15, -0.1) is 0 Å². The zero-order chi connectivity index (χ0) is 11.8. The van der Waals surface area contributed by atoms with Crippen LogP contribution in [0.25, 0.3) is 0 Å². The molecule has 4 heteroatoms. The van der Waals surface area contributed by atoms with Gasteiger partial charge in [0.1, 0.15) is 5.75 Å². The molecule has 0 saturated carbocycles. The maximum Gasteiger partial charge on any atom is 0.233 e. The zero-order valence-electron chi connectivity index (χ0n) is 9.49. The SMILES string of the molecule is CCCNC(=O)CNCc1cccc(O)c1. The van der Waals surface area contributed by atoms with Crippen molar-refractivity contribution in [1.82, 2.24) is 10.6 Å². The minimum Gasteiger partial charge on any atom is -0.508 e. The normalized spacial score (nSPS) is 10.1. The summed E-state index contributed by atoms with van der Waals surface area (Å²) in [6.45, 7) is 3.61. The molecule has 0 spiro atoms. The molecule has 1 amide bonds. The van der Waals surface area contributed by atoms with Crippen LogP contribution >= 0.6 is 0 Å². The maximum atomic E-state index is 11.2. The molecule has 1 aromatic rings. The van der Waals surface area contributed by atoms with Crippen molar-refractivity contribution in [3.8, 4) is 5.75 Å². The number of nitrogens with one attached hydrogen (secondary N) is 2. The van der Waals surface area contributed by atoms with Crippen molar-refractivity contribution in [2.24, 2.45) is 0 Å². The van der Waals surface area contributed by atoms with Crippen molar-refractivity contribution in [2.75, 3.05) is 13.1 Å². The van der Waals surface area contributed by atoms with E-state index in [0.29, 0.717) is 19.6 Å². The molecule has 16 heavy (non-hydrogen) atoms. The highest BCUT2D eigenvalue weighted by atomic mass is 16.3. The molecule has 0 saturated heterocycles. The second-order valence-corrected chi connectivity index (χ2v) is 3.62. The monoisotopic (exact) mass is 222 g/mol. The molecule has 0 atom stereocenters. The number of carbonyl (C=O) groups is 1. The number of benzene rings is 1. The van der Waals surface area contributed by atoms with Crippen LogP contribution in [0.3, 0.4) is 0 Å². The van der Waals surface area contributed by atoms with Gasteiger partial charge in [0.2, 0.25) is 5.91 Å². The first-order chi connectivity index (χ1) is 7.72. The maximum absolute atomic E-state index is 11.2. The molecular weight excluding hydrogens is 204 g/mol. The summed E-state index contributed by atoms with van der Waals surface area (Å²) in [6.07, 6.45) is 0.943. The van der Waals surface area contributed by atoms with Crippen LogP contribution in [-0.4, -0.2) is 24.1 Å². The van der Waals surface area contributed by atoms with Crippen LogP contribution in [-0.2, 0) is 11.3 Å². The first-order valence-corrected chi connectivity index (χ1v) is 5.47. The van der Waals surface area contributed by atoms with Gasteiger partial charge in [0.15, 0.2) is 0 Å². The number of phenols is 1. The van der Waals surface area contributed by atoms with E-state index in [2.05, 4.69) is 10.6 Å². The van der Waals surface area contributed by atoms with E-state index in [4.69, 9.17) is 0 Å². The molecule has 0 radical (unpaired) electrons. The summed E-state index contributed by atoms with van der Waals surface area (Å²) in [6, 6.07) is 6.98. The predicted molar refractivity (Wildman–Crippen MR) is 63.1 cm³/mol. The van der Waals surface area contributed by atoms with Gasteiger partial charge in [0.05, 0.1) is 6.54 Å². The first kappa shape index (κ1) is 12.5. The van der Waals surface area contributed by atoms with E-state index in [1.54, 1.807) is 18.2 Å². The summed E-state index contributed by atoms with van der Waals surface area (Å²) in [7, 11) is 0. The Labute approximate surface area is 95.7 Å². The van der Waals surface area contributed by atoms with Gasteiger partial charge >= 0.3 is 0 Å². The van der Waals surface area contributed by atoms with Crippen LogP contribution in [0.1, 0.15) is 18.9 Å². The number of hydrogen-bond acceptors (Lipinski definition) is 3. The van der Waals surface area contributed by atoms with Gasteiger partial charge in [0, 0.05) is 13.1 Å². The fourth-order valence-electron chi connectivity index (χ4n) is 1.31. The average Bonchev–Trinajstić information content (AvgIpc) is 2.26. The quantitative estimate of drug-likeness (QED) is 0.673. The molecule has 0 aliphatic carbocycles. The number of rotatable bonds is 6. The summed E-state index contributed by atoms with van der Waals surface area (Å²) in [4.78, 5) is 11.2. The summed E-state index contributed by atoms with van der Waals surface area (Å²) >= 11 is 0. The van der Waals surface area contributed by atoms with Crippen molar-refractivity contribution in [3.63, 3.8) is 0 Å². The van der Waals surface area contributed by atoms with Crippen molar-refractivity contribution >= 4 is 5.91 Å². The third-order valence-electron chi connectivity index (χ3n) is 2.10. The van der Waals surface area contributed by atoms with Gasteiger partial charge in [-0.2, -0.15) is 0 Å². The number of amides is 1. The lowest BCUT2D eigenvalue weighted by molar-refractivity contribution is -0.120. The number of phenolic OH excluding ortho intramolecular Hbond substituents is 1. The Morgan fingerprint density at radius 3 is 2.94 bits per heavy atom. The van der Waals surface area contributed by atoms with E-state index in [1.807, 2.05) is 13.0 Å². The van der Waals surface area contributed by atoms with Crippen LogP contribution in [0.5, 0.6) is 5.75 Å². The number of hydrogen-bond donors (Lipinski definition) is 3. The lowest BCUT2D eigenvalue weighted by Crippen LogP contribution is -2.33. The lowest BCUT2D eigenvalue weighted by atomic mass is 10.2. The Morgan fingerprint density at radius 2 is 2.25 bits per heavy atom. The highest BCUT2D eigenvalue weighted by Crippen LogP contribution is 2.10. The van der Waals surface area contributed by atoms with Gasteiger partial charge in [0.25, 0.3) is 0 Å². The van der Waals surface area contributed by atoms with Crippen molar-refractivity contribution < 1.29 is 9.90 Å². The molecule has 0 aliphatic heterocycles. The highest BCUT2D eigenvalue weighted by molar-refractivity contribution is 5.77. The molecule has 88 valence electrons. The van der Waals surface area contributed by atoms with Gasteiger partial charge < -0.3 is 15.7 Å². The van der Waals surface area contributed by atoms with Gasteiger partial charge in [-0.05, 0) is 24.1 Å². The van der Waals surface area contributed by atoms with Crippen LogP contribution in [0.2, 0.25) is 0 Å². The Kier molecular flexibility index (Phi) is 5.36. The van der Waals surface area contributed by atoms with E-state index in [1.165, 1.54) is 0 Å². The second kappa shape index (κ2) is 6.85. The van der Waals surface area contributed by atoms with Crippen LogP contribution in [0.15, 0.2) is 24.3 Å². The molecule has 0 unspecified atom stereocenters. The fraction of sp³-hybridized carbons (Fsp3) is 0.417. The predicted octanol–water partition coefficient (Wildman–Crippen LogP) is 1.01. The minimum atomic E-state index is 0.00185. The Balaban J connectivity index is 2.22. The molecule has 0 aromatic heterocycles. The third kappa shape index (κ3) is 4.79. The van der Waals surface area contributed by atoms with E-state index in [0.717, 1.165) is 12.0 Å². The second-order valence-electron chi connectivity index (χ2n) is 3.62. The highest BCUT2D eigenvalue weighted by Gasteiger charge is 1.99. The molecule has 4 nitrogen and oxygen atoms in total. The zero-order valence-corrected chi connectivity index (χ0v) is 9.49. The topological polar surface area (TPSA) is 61.4 Å². The molecule has 0 heterocycles. The van der Waals surface area contributed by atoms with E-state index in [-0.39, 0.29) is 11.7 Å². The van der Waals surface area contributed by atoms with Crippen LogP contribution in [0.4, 0.5) is 0 Å². The molecular formula is C12H18N2O2. The summed E-state index contributed by atoms with van der Waals surface area (Å²) < 4.78 is 0. The standard InChI is InChI=1S/C12H18N2O2/c1-2-6-14-12(16)9-13-8-10-4-3-5-11(15)7-10/h3-5,7,13,15H,2,6,8-9H2,1H3,(H,14,16). The lowest BCUT2D eigenvalue weighted by Gasteiger charge is -2.06. The van der Waals surface area contributed by atoms with Crippen molar-refractivity contribution in [1.29, 1.82) is 0 Å².